The lowest BCUT2D eigenvalue weighted by Crippen LogP contribution is -2.47. The van der Waals surface area contributed by atoms with Gasteiger partial charge in [0, 0.05) is 37.9 Å². The lowest BCUT2D eigenvalue weighted by atomic mass is 10.0. The van der Waals surface area contributed by atoms with Crippen LogP contribution in [0.15, 0.2) is 43.0 Å². The number of hydrogen-bond acceptors (Lipinski definition) is 6. The summed E-state index contributed by atoms with van der Waals surface area (Å²) in [6.07, 6.45) is 8.69. The molecule has 0 aliphatic carbocycles. The van der Waals surface area contributed by atoms with Crippen molar-refractivity contribution in [1.82, 2.24) is 20.3 Å². The highest BCUT2D eigenvalue weighted by Gasteiger charge is 2.45. The highest BCUT2D eigenvalue weighted by atomic mass is 16.5. The minimum absolute atomic E-state index is 0.0387. The SMILES string of the molecule is O=C(N[C@H]1CN(c2ncccn2)[C@@H]2CCCO[C@H]12)c1cccnc1. The number of carbonyl (C=O) groups excluding carboxylic acids is 1. The predicted octanol–water partition coefficient (Wildman–Crippen LogP) is 1.04. The molecule has 0 saturated carbocycles. The van der Waals surface area contributed by atoms with Crippen LogP contribution in [0.1, 0.15) is 23.2 Å². The van der Waals surface area contributed by atoms with Crippen LogP contribution in [0.3, 0.4) is 0 Å². The van der Waals surface area contributed by atoms with Gasteiger partial charge in [0.05, 0.1) is 23.8 Å². The van der Waals surface area contributed by atoms with Crippen molar-refractivity contribution in [1.29, 1.82) is 0 Å². The lowest BCUT2D eigenvalue weighted by molar-refractivity contribution is 0.000627. The summed E-state index contributed by atoms with van der Waals surface area (Å²) in [4.78, 5) is 27.3. The maximum Gasteiger partial charge on any atom is 0.253 e. The van der Waals surface area contributed by atoms with Gasteiger partial charge in [-0.2, -0.15) is 0 Å². The Morgan fingerprint density at radius 3 is 2.92 bits per heavy atom. The number of pyridine rings is 1. The molecule has 2 aromatic heterocycles. The molecular weight excluding hydrogens is 306 g/mol. The van der Waals surface area contributed by atoms with Crippen molar-refractivity contribution < 1.29 is 9.53 Å². The molecule has 0 bridgehead atoms. The molecular formula is C17H19N5O2. The van der Waals surface area contributed by atoms with Crippen LogP contribution in [0.4, 0.5) is 5.95 Å². The molecule has 0 radical (unpaired) electrons. The van der Waals surface area contributed by atoms with Gasteiger partial charge in [-0.1, -0.05) is 0 Å². The zero-order valence-electron chi connectivity index (χ0n) is 13.2. The van der Waals surface area contributed by atoms with Crippen molar-refractivity contribution in [2.45, 2.75) is 31.0 Å². The molecule has 0 spiro atoms. The average Bonchev–Trinajstić information content (AvgIpc) is 3.02. The molecule has 2 aliphatic rings. The fourth-order valence-electron chi connectivity index (χ4n) is 3.50. The van der Waals surface area contributed by atoms with Crippen LogP contribution in [-0.4, -0.2) is 52.2 Å². The van der Waals surface area contributed by atoms with Crippen LogP contribution >= 0.6 is 0 Å². The van der Waals surface area contributed by atoms with Gasteiger partial charge < -0.3 is 15.0 Å². The van der Waals surface area contributed by atoms with Crippen LogP contribution in [0, 0.1) is 0 Å². The third-order valence-electron chi connectivity index (χ3n) is 4.57. The Morgan fingerprint density at radius 2 is 2.12 bits per heavy atom. The summed E-state index contributed by atoms with van der Waals surface area (Å²) in [5, 5.41) is 3.09. The highest BCUT2D eigenvalue weighted by molar-refractivity contribution is 5.94. The Bertz CT molecular complexity index is 697. The molecule has 0 unspecified atom stereocenters. The van der Waals surface area contributed by atoms with Crippen LogP contribution < -0.4 is 10.2 Å². The van der Waals surface area contributed by atoms with E-state index in [4.69, 9.17) is 4.74 Å². The number of ether oxygens (including phenoxy) is 1. The fraction of sp³-hybridized carbons (Fsp3) is 0.412. The average molecular weight is 325 g/mol. The zero-order chi connectivity index (χ0) is 16.4. The number of aromatic nitrogens is 3. The summed E-state index contributed by atoms with van der Waals surface area (Å²) < 4.78 is 5.98. The first-order valence-electron chi connectivity index (χ1n) is 8.19. The van der Waals surface area contributed by atoms with Crippen LogP contribution in [0.5, 0.6) is 0 Å². The zero-order valence-corrected chi connectivity index (χ0v) is 13.2. The Kier molecular flexibility index (Phi) is 4.08. The second-order valence-electron chi connectivity index (χ2n) is 6.07. The standard InChI is InChI=1S/C17H19N5O2/c23-16(12-4-1-6-18-10-12)21-13-11-22(17-19-7-3-8-20-17)14-5-2-9-24-15(13)14/h1,3-4,6-8,10,13-15H,2,5,9,11H2,(H,21,23)/t13-,14+,15+/m0/s1. The Balaban J connectivity index is 1.54. The number of nitrogens with one attached hydrogen (secondary N) is 1. The van der Waals surface area contributed by atoms with E-state index < -0.39 is 0 Å². The van der Waals surface area contributed by atoms with Gasteiger partial charge in [0.25, 0.3) is 5.91 Å². The number of hydrogen-bond donors (Lipinski definition) is 1. The van der Waals surface area contributed by atoms with Crippen molar-refractivity contribution in [2.75, 3.05) is 18.1 Å². The largest absolute Gasteiger partial charge is 0.374 e. The van der Waals surface area contributed by atoms with Gasteiger partial charge in [0.1, 0.15) is 0 Å². The second kappa shape index (κ2) is 6.52. The van der Waals surface area contributed by atoms with Crippen LogP contribution in [0.25, 0.3) is 0 Å². The van der Waals surface area contributed by atoms with Gasteiger partial charge in [0.15, 0.2) is 0 Å². The molecule has 4 heterocycles. The molecule has 2 fully saturated rings. The van der Waals surface area contributed by atoms with E-state index in [1.807, 2.05) is 0 Å². The minimum Gasteiger partial charge on any atom is -0.374 e. The molecule has 124 valence electrons. The number of fused-ring (bicyclic) bond motifs is 1. The first-order chi connectivity index (χ1) is 11.8. The molecule has 2 aliphatic heterocycles. The van der Waals surface area contributed by atoms with E-state index in [9.17, 15) is 4.79 Å². The van der Waals surface area contributed by atoms with E-state index in [-0.39, 0.29) is 24.1 Å². The quantitative estimate of drug-likeness (QED) is 0.908. The molecule has 4 rings (SSSR count). The van der Waals surface area contributed by atoms with Crippen molar-refractivity contribution in [2.24, 2.45) is 0 Å². The molecule has 7 nitrogen and oxygen atoms in total. The van der Waals surface area contributed by atoms with Gasteiger partial charge >= 0.3 is 0 Å². The predicted molar refractivity (Wildman–Crippen MR) is 87.6 cm³/mol. The first kappa shape index (κ1) is 15.0. The van der Waals surface area contributed by atoms with Crippen molar-refractivity contribution in [3.8, 4) is 0 Å². The maximum atomic E-state index is 12.5. The molecule has 3 atom stereocenters. The summed E-state index contributed by atoms with van der Waals surface area (Å²) in [7, 11) is 0. The maximum absolute atomic E-state index is 12.5. The number of anilines is 1. The highest BCUT2D eigenvalue weighted by Crippen LogP contribution is 2.31. The van der Waals surface area contributed by atoms with Crippen molar-refractivity contribution >= 4 is 11.9 Å². The van der Waals surface area contributed by atoms with E-state index in [0.29, 0.717) is 18.1 Å². The second-order valence-corrected chi connectivity index (χ2v) is 6.07. The topological polar surface area (TPSA) is 80.2 Å². The number of nitrogens with zero attached hydrogens (tertiary/aromatic N) is 4. The van der Waals surface area contributed by atoms with Crippen molar-refractivity contribution in [3.63, 3.8) is 0 Å². The lowest BCUT2D eigenvalue weighted by Gasteiger charge is -2.32. The van der Waals surface area contributed by atoms with Crippen molar-refractivity contribution in [3.05, 3.63) is 48.5 Å². The summed E-state index contributed by atoms with van der Waals surface area (Å²) >= 11 is 0. The van der Waals surface area contributed by atoms with Gasteiger partial charge in [-0.15, -0.1) is 0 Å². The molecule has 1 amide bonds. The molecule has 24 heavy (non-hydrogen) atoms. The monoisotopic (exact) mass is 325 g/mol. The summed E-state index contributed by atoms with van der Waals surface area (Å²) in [5.74, 6) is 0.563. The Morgan fingerprint density at radius 1 is 1.25 bits per heavy atom. The van der Waals surface area contributed by atoms with Crippen LogP contribution in [-0.2, 0) is 4.74 Å². The smallest absolute Gasteiger partial charge is 0.253 e. The van der Waals surface area contributed by atoms with E-state index in [0.717, 1.165) is 19.4 Å². The third kappa shape index (κ3) is 2.82. The van der Waals surface area contributed by atoms with E-state index in [1.165, 1.54) is 0 Å². The molecule has 2 aromatic rings. The van der Waals surface area contributed by atoms with Gasteiger partial charge in [-0.3, -0.25) is 9.78 Å². The van der Waals surface area contributed by atoms with Crippen LogP contribution in [0.2, 0.25) is 0 Å². The van der Waals surface area contributed by atoms with Gasteiger partial charge in [-0.25, -0.2) is 9.97 Å². The summed E-state index contributed by atoms with van der Waals surface area (Å²) in [6, 6.07) is 5.42. The summed E-state index contributed by atoms with van der Waals surface area (Å²) in [5.41, 5.74) is 0.555. The number of amides is 1. The molecule has 0 aromatic carbocycles. The molecule has 2 saturated heterocycles. The Hall–Kier alpha value is -2.54. The third-order valence-corrected chi connectivity index (χ3v) is 4.57. The first-order valence-corrected chi connectivity index (χ1v) is 8.19. The minimum atomic E-state index is -0.128. The fourth-order valence-corrected chi connectivity index (χ4v) is 3.50. The molecule has 7 heteroatoms. The van der Waals surface area contributed by atoms with Gasteiger partial charge in [0.2, 0.25) is 5.95 Å². The van der Waals surface area contributed by atoms with E-state index >= 15 is 0 Å². The molecule has 1 N–H and O–H groups in total. The normalized spacial score (nSPS) is 26.0. The number of rotatable bonds is 3. The number of carbonyl (C=O) groups is 1. The summed E-state index contributed by atoms with van der Waals surface area (Å²) in [6.45, 7) is 1.37. The van der Waals surface area contributed by atoms with Gasteiger partial charge in [-0.05, 0) is 31.0 Å². The Labute approximate surface area is 140 Å². The van der Waals surface area contributed by atoms with E-state index in [2.05, 4.69) is 25.2 Å². The van der Waals surface area contributed by atoms with E-state index in [1.54, 1.807) is 43.0 Å².